The van der Waals surface area contributed by atoms with Gasteiger partial charge in [-0.05, 0) is 31.6 Å². The van der Waals surface area contributed by atoms with Gasteiger partial charge in [-0.25, -0.2) is 9.59 Å². The van der Waals surface area contributed by atoms with Crippen LogP contribution in [0, 0.1) is 24.0 Å². The molecule has 1 aliphatic rings. The van der Waals surface area contributed by atoms with Gasteiger partial charge in [0.05, 0.1) is 18.8 Å². The zero-order valence-corrected chi connectivity index (χ0v) is 16.4. The fraction of sp³-hybridized carbons (Fsp3) is 0.444. The van der Waals surface area contributed by atoms with Crippen molar-refractivity contribution in [3.8, 4) is 5.75 Å². The predicted molar refractivity (Wildman–Crippen MR) is 95.3 cm³/mol. The number of nitrogens with zero attached hydrogens (tertiary/aromatic N) is 1. The van der Waals surface area contributed by atoms with Crippen LogP contribution in [0.2, 0.25) is 0 Å². The maximum Gasteiger partial charge on any atom is 0.511 e. The summed E-state index contributed by atoms with van der Waals surface area (Å²) < 4.78 is 58.9. The number of hydrogen-bond acceptors (Lipinski definition) is 9. The average molecular weight is 449 g/mol. The van der Waals surface area contributed by atoms with Crippen molar-refractivity contribution in [2.45, 2.75) is 32.5 Å². The van der Waals surface area contributed by atoms with Crippen LogP contribution in [0.25, 0.3) is 6.08 Å². The second-order valence-electron chi connectivity index (χ2n) is 6.34. The lowest BCUT2D eigenvalue weighted by Gasteiger charge is -2.29. The van der Waals surface area contributed by atoms with E-state index in [0.29, 0.717) is 5.56 Å². The third-order valence-electron chi connectivity index (χ3n) is 3.88. The molecular weight excluding hydrogens is 431 g/mol. The van der Waals surface area contributed by atoms with Crippen LogP contribution in [-0.4, -0.2) is 49.5 Å². The van der Waals surface area contributed by atoms with E-state index in [1.807, 2.05) is 0 Å². The molecule has 2 rings (SSSR count). The lowest BCUT2D eigenvalue weighted by Crippen LogP contribution is -2.41. The molecule has 1 atom stereocenters. The summed E-state index contributed by atoms with van der Waals surface area (Å²) in [5.41, 5.74) is 0.702. The molecule has 1 heterocycles. The molecule has 0 aromatic heterocycles. The molecule has 1 aliphatic heterocycles. The molecule has 31 heavy (non-hydrogen) atoms. The van der Waals surface area contributed by atoms with Gasteiger partial charge in [-0.15, -0.1) is 10.1 Å². The monoisotopic (exact) mass is 449 g/mol. The molecule has 1 aromatic carbocycles. The highest BCUT2D eigenvalue weighted by Crippen LogP contribution is 2.39. The number of esters is 1. The molecule has 13 heteroatoms. The maximum atomic E-state index is 13.4. The summed E-state index contributed by atoms with van der Waals surface area (Å²) in [5, 5.41) is 8.92. The summed E-state index contributed by atoms with van der Waals surface area (Å²) in [6.07, 6.45) is -7.72. The van der Waals surface area contributed by atoms with Crippen molar-refractivity contribution < 1.29 is 51.6 Å². The predicted octanol–water partition coefficient (Wildman–Crippen LogP) is 3.26. The maximum absolute atomic E-state index is 13.4. The van der Waals surface area contributed by atoms with Gasteiger partial charge in [-0.2, -0.15) is 13.2 Å². The molecule has 0 radical (unpaired) electrons. The highest BCUT2D eigenvalue weighted by atomic mass is 19.4. The molecule has 0 amide bonds. The molecule has 0 spiro atoms. The van der Waals surface area contributed by atoms with E-state index in [-0.39, 0.29) is 30.9 Å². The van der Waals surface area contributed by atoms with E-state index in [0.717, 1.165) is 11.6 Å². The average Bonchev–Trinajstić information content (AvgIpc) is 2.65. The second-order valence-corrected chi connectivity index (χ2v) is 6.34. The summed E-state index contributed by atoms with van der Waals surface area (Å²) in [5.74, 6) is -1.38. The van der Waals surface area contributed by atoms with Crippen LogP contribution in [0.15, 0.2) is 17.7 Å². The standard InChI is InChI=1S/C18H18F3NO9/c1-10-6-11(2)14-12(7-10)8-13(15(31-14)18(19,20)21)16(23)28-9-29-17(24)27-4-3-5-30-22(25)26/h6-8,15H,3-5,9H2,1-2H3. The van der Waals surface area contributed by atoms with Crippen LogP contribution in [0.3, 0.4) is 0 Å². The van der Waals surface area contributed by atoms with Crippen LogP contribution in [-0.2, 0) is 23.8 Å². The van der Waals surface area contributed by atoms with E-state index in [2.05, 4.69) is 19.0 Å². The Kier molecular flexibility index (Phi) is 7.67. The molecule has 1 aromatic rings. The first-order valence-corrected chi connectivity index (χ1v) is 8.79. The Bertz CT molecular complexity index is 883. The number of alkyl halides is 3. The number of carbonyl (C=O) groups excluding carboxylic acids is 2. The zero-order chi connectivity index (χ0) is 23.2. The van der Waals surface area contributed by atoms with E-state index in [9.17, 15) is 32.9 Å². The zero-order valence-electron chi connectivity index (χ0n) is 16.4. The number of ether oxygens (including phenoxy) is 4. The number of fused-ring (bicyclic) bond motifs is 1. The molecule has 0 saturated carbocycles. The van der Waals surface area contributed by atoms with Gasteiger partial charge in [0.1, 0.15) is 5.75 Å². The summed E-state index contributed by atoms with van der Waals surface area (Å²) >= 11 is 0. The van der Waals surface area contributed by atoms with Gasteiger partial charge in [0.15, 0.2) is 0 Å². The van der Waals surface area contributed by atoms with Crippen LogP contribution in [0.1, 0.15) is 23.1 Å². The quantitative estimate of drug-likeness (QED) is 0.193. The molecule has 1 unspecified atom stereocenters. The summed E-state index contributed by atoms with van der Waals surface area (Å²) in [4.78, 5) is 37.5. The summed E-state index contributed by atoms with van der Waals surface area (Å²) in [6, 6.07) is 3.20. The van der Waals surface area contributed by atoms with E-state index in [1.165, 1.54) is 0 Å². The van der Waals surface area contributed by atoms with Crippen LogP contribution in [0.5, 0.6) is 5.75 Å². The van der Waals surface area contributed by atoms with Crippen molar-refractivity contribution in [2.24, 2.45) is 0 Å². The number of carbonyl (C=O) groups is 2. The first-order chi connectivity index (χ1) is 14.5. The number of hydrogen-bond donors (Lipinski definition) is 0. The minimum atomic E-state index is -4.90. The van der Waals surface area contributed by atoms with Gasteiger partial charge in [-0.3, -0.25) is 0 Å². The Labute approximate surface area is 173 Å². The lowest BCUT2D eigenvalue weighted by atomic mass is 9.97. The fourth-order valence-electron chi connectivity index (χ4n) is 2.70. The van der Waals surface area contributed by atoms with Crippen molar-refractivity contribution in [3.05, 3.63) is 44.5 Å². The van der Waals surface area contributed by atoms with Crippen molar-refractivity contribution in [1.82, 2.24) is 0 Å². The van der Waals surface area contributed by atoms with E-state index in [1.54, 1.807) is 26.0 Å². The van der Waals surface area contributed by atoms with E-state index < -0.39 is 41.9 Å². The van der Waals surface area contributed by atoms with E-state index in [4.69, 9.17) is 4.74 Å². The SMILES string of the molecule is Cc1cc(C)c2c(c1)C=C(C(=O)OCOC(=O)OCCCO[N+](=O)[O-])C(C(F)(F)F)O2. The first kappa shape index (κ1) is 23.8. The first-order valence-electron chi connectivity index (χ1n) is 8.79. The number of benzene rings is 1. The topological polar surface area (TPSA) is 123 Å². The van der Waals surface area contributed by atoms with Crippen molar-refractivity contribution >= 4 is 18.2 Å². The van der Waals surface area contributed by atoms with Gasteiger partial charge < -0.3 is 23.8 Å². The Hall–Kier alpha value is -3.51. The summed E-state index contributed by atoms with van der Waals surface area (Å²) in [7, 11) is 0. The molecule has 0 aliphatic carbocycles. The highest BCUT2D eigenvalue weighted by molar-refractivity contribution is 5.96. The second kappa shape index (κ2) is 10.00. The largest absolute Gasteiger partial charge is 0.511 e. The van der Waals surface area contributed by atoms with Gasteiger partial charge in [0.2, 0.25) is 12.9 Å². The number of aryl methyl sites for hydroxylation is 2. The summed E-state index contributed by atoms with van der Waals surface area (Å²) in [6.45, 7) is 1.70. The molecule has 170 valence electrons. The van der Waals surface area contributed by atoms with Crippen molar-refractivity contribution in [2.75, 3.05) is 20.0 Å². The Morgan fingerprint density at radius 1 is 1.16 bits per heavy atom. The molecule has 10 nitrogen and oxygen atoms in total. The highest BCUT2D eigenvalue weighted by Gasteiger charge is 2.49. The lowest BCUT2D eigenvalue weighted by molar-refractivity contribution is -0.757. The molecule has 0 fully saturated rings. The normalized spacial score (nSPS) is 15.1. The van der Waals surface area contributed by atoms with Crippen LogP contribution < -0.4 is 4.74 Å². The third-order valence-corrected chi connectivity index (χ3v) is 3.88. The third kappa shape index (κ3) is 6.76. The van der Waals surface area contributed by atoms with Gasteiger partial charge in [0.25, 0.3) is 5.09 Å². The minimum absolute atomic E-state index is 0.00496. The molecule has 0 saturated heterocycles. The van der Waals surface area contributed by atoms with Crippen LogP contribution >= 0.6 is 0 Å². The molecule has 0 N–H and O–H groups in total. The Morgan fingerprint density at radius 2 is 1.87 bits per heavy atom. The Balaban J connectivity index is 1.96. The van der Waals surface area contributed by atoms with Crippen molar-refractivity contribution in [3.63, 3.8) is 0 Å². The van der Waals surface area contributed by atoms with Crippen molar-refractivity contribution in [1.29, 1.82) is 0 Å². The number of rotatable bonds is 8. The van der Waals surface area contributed by atoms with E-state index >= 15 is 0 Å². The van der Waals surface area contributed by atoms with Gasteiger partial charge in [-0.1, -0.05) is 11.6 Å². The Morgan fingerprint density at radius 3 is 2.52 bits per heavy atom. The minimum Gasteiger partial charge on any atom is -0.475 e. The smallest absolute Gasteiger partial charge is 0.475 e. The molecular formula is C18H18F3NO9. The molecule has 0 bridgehead atoms. The number of halogens is 3. The fourth-order valence-corrected chi connectivity index (χ4v) is 2.70. The van der Waals surface area contributed by atoms with Crippen LogP contribution in [0.4, 0.5) is 18.0 Å². The van der Waals surface area contributed by atoms with Gasteiger partial charge >= 0.3 is 18.3 Å². The van der Waals surface area contributed by atoms with Gasteiger partial charge in [0, 0.05) is 12.0 Å².